The highest BCUT2D eigenvalue weighted by molar-refractivity contribution is 6.31. The Morgan fingerprint density at radius 2 is 1.61 bits per heavy atom. The number of hydrogen-bond donors (Lipinski definition) is 0. The van der Waals surface area contributed by atoms with Crippen molar-refractivity contribution in [2.45, 2.75) is 32.2 Å². The Morgan fingerprint density at radius 3 is 2.26 bits per heavy atom. The van der Waals surface area contributed by atoms with Gasteiger partial charge in [0, 0.05) is 11.1 Å². The molecule has 1 saturated heterocycles. The molecular weight excluding hydrogens is 325 g/mol. The second-order valence-electron chi connectivity index (χ2n) is 6.44. The normalized spacial score (nSPS) is 17.5. The molecule has 1 aliphatic heterocycles. The van der Waals surface area contributed by atoms with Crippen molar-refractivity contribution in [2.75, 3.05) is 13.1 Å². The van der Waals surface area contributed by atoms with Gasteiger partial charge in [0.25, 0.3) is 0 Å². The molecule has 2 aromatic rings. The monoisotopic (exact) mass is 349 g/mol. The average Bonchev–Trinajstić information content (AvgIpc) is 2.56. The number of likely N-dealkylation sites (tertiary alicyclic amines) is 1. The quantitative estimate of drug-likeness (QED) is 0.676. The van der Waals surface area contributed by atoms with Gasteiger partial charge >= 0.3 is 0 Å². The molecule has 0 saturated carbocycles. The molecule has 1 fully saturated rings. The lowest BCUT2D eigenvalue weighted by molar-refractivity contribution is 0.137. The van der Waals surface area contributed by atoms with Crippen molar-refractivity contribution in [3.63, 3.8) is 0 Å². The minimum absolute atomic E-state index is 0. The zero-order chi connectivity index (χ0) is 15.4. The zero-order valence-electron chi connectivity index (χ0n) is 13.6. The van der Waals surface area contributed by atoms with Crippen LogP contribution in [0.1, 0.15) is 36.9 Å². The third-order valence-corrected chi connectivity index (χ3v) is 5.18. The Kier molecular flexibility index (Phi) is 6.95. The fourth-order valence-electron chi connectivity index (χ4n) is 3.35. The highest BCUT2D eigenvalue weighted by Crippen LogP contribution is 2.31. The zero-order valence-corrected chi connectivity index (χ0v) is 15.2. The molecule has 3 rings (SSSR count). The van der Waals surface area contributed by atoms with Gasteiger partial charge in [0.05, 0.1) is 0 Å². The maximum Gasteiger partial charge on any atom is 0.0438 e. The first-order chi connectivity index (χ1) is 10.7. The fourth-order valence-corrected chi connectivity index (χ4v) is 3.56. The third-order valence-electron chi connectivity index (χ3n) is 4.81. The van der Waals surface area contributed by atoms with Gasteiger partial charge < -0.3 is 0 Å². The molecule has 1 heterocycles. The number of rotatable bonds is 4. The van der Waals surface area contributed by atoms with Gasteiger partial charge in [-0.25, -0.2) is 0 Å². The minimum Gasteiger partial charge on any atom is -0.296 e. The first-order valence-electron chi connectivity index (χ1n) is 8.26. The number of halogens is 2. The van der Waals surface area contributed by atoms with E-state index in [4.69, 9.17) is 11.6 Å². The van der Waals surface area contributed by atoms with E-state index < -0.39 is 0 Å². The number of nitrogens with zero attached hydrogens (tertiary/aromatic N) is 1. The molecule has 1 nitrogen and oxygen atoms in total. The van der Waals surface area contributed by atoms with Crippen LogP contribution in [0.25, 0.3) is 0 Å². The van der Waals surface area contributed by atoms with Crippen LogP contribution < -0.4 is 0 Å². The van der Waals surface area contributed by atoms with E-state index in [1.54, 1.807) is 0 Å². The van der Waals surface area contributed by atoms with E-state index in [1.807, 2.05) is 12.1 Å². The predicted molar refractivity (Wildman–Crippen MR) is 102 cm³/mol. The molecule has 0 amide bonds. The molecule has 1 aliphatic rings. The molecule has 0 spiro atoms. The van der Waals surface area contributed by atoms with Crippen molar-refractivity contribution in [1.82, 2.24) is 4.90 Å². The summed E-state index contributed by atoms with van der Waals surface area (Å²) in [6, 6.07) is 19.5. The van der Waals surface area contributed by atoms with Crippen molar-refractivity contribution < 1.29 is 0 Å². The molecule has 2 aromatic carbocycles. The molecule has 1 unspecified atom stereocenters. The van der Waals surface area contributed by atoms with Gasteiger partial charge in [0.15, 0.2) is 0 Å². The minimum atomic E-state index is 0. The van der Waals surface area contributed by atoms with E-state index in [2.05, 4.69) is 54.3 Å². The van der Waals surface area contributed by atoms with Crippen molar-refractivity contribution in [1.29, 1.82) is 0 Å². The topological polar surface area (TPSA) is 3.24 Å². The highest BCUT2D eigenvalue weighted by Gasteiger charge is 2.25. The van der Waals surface area contributed by atoms with Crippen molar-refractivity contribution in [2.24, 2.45) is 5.92 Å². The van der Waals surface area contributed by atoms with Crippen LogP contribution in [0.3, 0.4) is 0 Å². The summed E-state index contributed by atoms with van der Waals surface area (Å²) in [7, 11) is 0. The molecule has 23 heavy (non-hydrogen) atoms. The van der Waals surface area contributed by atoms with E-state index in [9.17, 15) is 0 Å². The van der Waals surface area contributed by atoms with Gasteiger partial charge in [-0.1, -0.05) is 67.1 Å². The van der Waals surface area contributed by atoms with Gasteiger partial charge in [0.1, 0.15) is 0 Å². The summed E-state index contributed by atoms with van der Waals surface area (Å²) in [4.78, 5) is 2.64. The van der Waals surface area contributed by atoms with Crippen LogP contribution in [0.5, 0.6) is 0 Å². The highest BCUT2D eigenvalue weighted by atomic mass is 35.5. The lowest BCUT2D eigenvalue weighted by Gasteiger charge is -2.37. The molecule has 1 atom stereocenters. The van der Waals surface area contributed by atoms with Gasteiger partial charge in [-0.15, -0.1) is 12.4 Å². The Morgan fingerprint density at radius 1 is 1.00 bits per heavy atom. The lowest BCUT2D eigenvalue weighted by Crippen LogP contribution is -2.37. The lowest BCUT2D eigenvalue weighted by atomic mass is 9.92. The standard InChI is InChI=1S/C20H24ClN.ClH/c1-16-11-13-22(14-12-16)20(17-7-3-2-4-8-17)15-18-9-5-6-10-19(18)21;/h2-10,16,20H,11-15H2,1H3;1H. The van der Waals surface area contributed by atoms with Crippen molar-refractivity contribution >= 4 is 24.0 Å². The summed E-state index contributed by atoms with van der Waals surface area (Å²) >= 11 is 6.40. The second-order valence-corrected chi connectivity index (χ2v) is 6.85. The van der Waals surface area contributed by atoms with E-state index in [1.165, 1.54) is 37.1 Å². The largest absolute Gasteiger partial charge is 0.296 e. The average molecular weight is 350 g/mol. The Labute approximate surface area is 151 Å². The van der Waals surface area contributed by atoms with Crippen LogP contribution in [-0.4, -0.2) is 18.0 Å². The molecule has 0 aliphatic carbocycles. The van der Waals surface area contributed by atoms with Crippen LogP contribution in [0.15, 0.2) is 54.6 Å². The fraction of sp³-hybridized carbons (Fsp3) is 0.400. The maximum atomic E-state index is 6.40. The van der Waals surface area contributed by atoms with E-state index in [-0.39, 0.29) is 12.4 Å². The third kappa shape index (κ3) is 4.73. The van der Waals surface area contributed by atoms with Crippen LogP contribution in [0, 0.1) is 5.92 Å². The van der Waals surface area contributed by atoms with Crippen LogP contribution in [0.2, 0.25) is 5.02 Å². The van der Waals surface area contributed by atoms with E-state index >= 15 is 0 Å². The summed E-state index contributed by atoms with van der Waals surface area (Å²) in [5.41, 5.74) is 2.65. The first kappa shape index (κ1) is 18.3. The first-order valence-corrected chi connectivity index (χ1v) is 8.64. The predicted octanol–water partition coefficient (Wildman–Crippen LogP) is 5.78. The SMILES string of the molecule is CC1CCN(C(Cc2ccccc2Cl)c2ccccc2)CC1.Cl. The molecule has 124 valence electrons. The van der Waals surface area contributed by atoms with Gasteiger partial charge in [-0.2, -0.15) is 0 Å². The van der Waals surface area contributed by atoms with Crippen LogP contribution >= 0.6 is 24.0 Å². The molecule has 0 radical (unpaired) electrons. The van der Waals surface area contributed by atoms with Gasteiger partial charge in [-0.05, 0) is 55.5 Å². The Hall–Kier alpha value is -1.02. The van der Waals surface area contributed by atoms with Gasteiger partial charge in [-0.3, -0.25) is 4.90 Å². The summed E-state index contributed by atoms with van der Waals surface area (Å²) in [5.74, 6) is 0.855. The Balaban J connectivity index is 0.00000192. The molecule has 0 N–H and O–H groups in total. The molecule has 0 aromatic heterocycles. The maximum absolute atomic E-state index is 6.40. The van der Waals surface area contributed by atoms with Crippen molar-refractivity contribution in [3.05, 3.63) is 70.7 Å². The summed E-state index contributed by atoms with van der Waals surface area (Å²) < 4.78 is 0. The van der Waals surface area contributed by atoms with E-state index in [0.717, 1.165) is 17.4 Å². The van der Waals surface area contributed by atoms with Crippen LogP contribution in [-0.2, 0) is 6.42 Å². The number of piperidine rings is 1. The Bertz CT molecular complexity index is 592. The number of hydrogen-bond acceptors (Lipinski definition) is 1. The second kappa shape index (κ2) is 8.73. The van der Waals surface area contributed by atoms with Crippen molar-refractivity contribution in [3.8, 4) is 0 Å². The smallest absolute Gasteiger partial charge is 0.0438 e. The summed E-state index contributed by atoms with van der Waals surface area (Å²) in [6.07, 6.45) is 3.58. The molecule has 3 heteroatoms. The van der Waals surface area contributed by atoms with Crippen LogP contribution in [0.4, 0.5) is 0 Å². The number of benzene rings is 2. The molecule has 0 bridgehead atoms. The van der Waals surface area contributed by atoms with E-state index in [0.29, 0.717) is 6.04 Å². The summed E-state index contributed by atoms with van der Waals surface area (Å²) in [5, 5.41) is 0.883. The molecular formula is C20H25Cl2N. The summed E-state index contributed by atoms with van der Waals surface area (Å²) in [6.45, 7) is 4.74. The van der Waals surface area contributed by atoms with Gasteiger partial charge in [0.2, 0.25) is 0 Å².